The molecule has 0 aliphatic rings. The number of carbonyl (C=O) groups is 2. The Hall–Kier alpha value is -3.09. The molecule has 7 heteroatoms. The smallest absolute Gasteiger partial charge is 0.412 e. The van der Waals surface area contributed by atoms with E-state index < -0.39 is 23.2 Å². The maximum atomic E-state index is 11.6. The van der Waals surface area contributed by atoms with Gasteiger partial charge in [0.05, 0.1) is 5.69 Å². The van der Waals surface area contributed by atoms with Gasteiger partial charge in [-0.15, -0.1) is 0 Å². The minimum Gasteiger partial charge on any atom is -0.477 e. The number of nitrogens with one attached hydrogen (secondary N) is 2. The Kier molecular flexibility index (Phi) is 4.35. The first kappa shape index (κ1) is 14.3. The largest absolute Gasteiger partial charge is 0.477 e. The number of carboxylic acid groups (broad SMARTS) is 1. The Morgan fingerprint density at radius 1 is 1.24 bits per heavy atom. The molecule has 1 heterocycles. The van der Waals surface area contributed by atoms with E-state index in [1.54, 1.807) is 12.1 Å². The van der Waals surface area contributed by atoms with Gasteiger partial charge in [-0.3, -0.25) is 10.1 Å². The van der Waals surface area contributed by atoms with E-state index in [4.69, 9.17) is 9.84 Å². The van der Waals surface area contributed by atoms with E-state index >= 15 is 0 Å². The van der Waals surface area contributed by atoms with Crippen molar-refractivity contribution in [3.8, 4) is 0 Å². The summed E-state index contributed by atoms with van der Waals surface area (Å²) in [5, 5.41) is 11.2. The summed E-state index contributed by atoms with van der Waals surface area (Å²) in [4.78, 5) is 35.8. The second-order valence-corrected chi connectivity index (χ2v) is 4.12. The number of pyridine rings is 1. The first-order valence-corrected chi connectivity index (χ1v) is 6.00. The average Bonchev–Trinajstić information content (AvgIpc) is 2.48. The van der Waals surface area contributed by atoms with Gasteiger partial charge in [-0.25, -0.2) is 9.59 Å². The highest BCUT2D eigenvalue weighted by molar-refractivity contribution is 5.90. The normalized spacial score (nSPS) is 9.90. The van der Waals surface area contributed by atoms with Crippen molar-refractivity contribution < 1.29 is 19.4 Å². The number of rotatable bonds is 4. The summed E-state index contributed by atoms with van der Waals surface area (Å²) in [7, 11) is 0. The first-order chi connectivity index (χ1) is 10.1. The quantitative estimate of drug-likeness (QED) is 0.795. The van der Waals surface area contributed by atoms with Crippen LogP contribution in [-0.4, -0.2) is 22.2 Å². The van der Waals surface area contributed by atoms with Crippen molar-refractivity contribution in [2.75, 3.05) is 5.32 Å². The number of carbonyl (C=O) groups excluding carboxylic acids is 1. The molecule has 2 rings (SSSR count). The monoisotopic (exact) mass is 288 g/mol. The molecule has 108 valence electrons. The van der Waals surface area contributed by atoms with Crippen molar-refractivity contribution in [2.24, 2.45) is 0 Å². The molecule has 0 saturated heterocycles. The molecule has 0 unspecified atom stereocenters. The third kappa shape index (κ3) is 3.93. The zero-order chi connectivity index (χ0) is 15.2. The number of aromatic amines is 1. The maximum Gasteiger partial charge on any atom is 0.412 e. The molecule has 3 N–H and O–H groups in total. The molecule has 1 amide bonds. The summed E-state index contributed by atoms with van der Waals surface area (Å²) in [5.74, 6) is -1.38. The van der Waals surface area contributed by atoms with Crippen molar-refractivity contribution >= 4 is 17.7 Å². The van der Waals surface area contributed by atoms with Crippen LogP contribution in [0.3, 0.4) is 0 Å². The van der Waals surface area contributed by atoms with Crippen molar-refractivity contribution in [1.29, 1.82) is 0 Å². The van der Waals surface area contributed by atoms with Crippen LogP contribution in [0.5, 0.6) is 0 Å². The van der Waals surface area contributed by atoms with Gasteiger partial charge in [-0.05, 0) is 11.6 Å². The standard InChI is InChI=1S/C14H12N2O5/c17-12-11(13(18)19)6-10(7-15-12)16-14(20)21-8-9-4-2-1-3-5-9/h1-7H,8H2,(H,15,17)(H,16,20)(H,18,19). The maximum absolute atomic E-state index is 11.6. The molecule has 0 atom stereocenters. The first-order valence-electron chi connectivity index (χ1n) is 6.00. The van der Waals surface area contributed by atoms with Crippen LogP contribution in [0.4, 0.5) is 10.5 Å². The van der Waals surface area contributed by atoms with Gasteiger partial charge in [0.2, 0.25) is 0 Å². The zero-order valence-electron chi connectivity index (χ0n) is 10.8. The lowest BCUT2D eigenvalue weighted by Gasteiger charge is -2.07. The van der Waals surface area contributed by atoms with E-state index in [2.05, 4.69) is 10.3 Å². The van der Waals surface area contributed by atoms with Crippen molar-refractivity contribution in [3.05, 3.63) is 64.1 Å². The minimum absolute atomic E-state index is 0.0851. The SMILES string of the molecule is O=C(Nc1c[nH]c(=O)c(C(=O)O)c1)OCc1ccccc1. The van der Waals surface area contributed by atoms with Gasteiger partial charge in [0.25, 0.3) is 5.56 Å². The number of hydrogen-bond acceptors (Lipinski definition) is 4. The van der Waals surface area contributed by atoms with Gasteiger partial charge in [0.1, 0.15) is 12.2 Å². The molecule has 21 heavy (non-hydrogen) atoms. The van der Waals surface area contributed by atoms with Gasteiger partial charge < -0.3 is 14.8 Å². The van der Waals surface area contributed by atoms with E-state index in [-0.39, 0.29) is 12.3 Å². The van der Waals surface area contributed by atoms with E-state index in [1.807, 2.05) is 18.2 Å². The van der Waals surface area contributed by atoms with Gasteiger partial charge in [0.15, 0.2) is 0 Å². The molecular weight excluding hydrogens is 276 g/mol. The van der Waals surface area contributed by atoms with Crippen LogP contribution >= 0.6 is 0 Å². The number of ether oxygens (including phenoxy) is 1. The number of H-pyrrole nitrogens is 1. The van der Waals surface area contributed by atoms with E-state index in [0.717, 1.165) is 11.6 Å². The van der Waals surface area contributed by atoms with Crippen LogP contribution in [0.2, 0.25) is 0 Å². The summed E-state index contributed by atoms with van der Waals surface area (Å²) in [5.41, 5.74) is -0.257. The second kappa shape index (κ2) is 6.38. The fraction of sp³-hybridized carbons (Fsp3) is 0.0714. The molecule has 2 aromatic rings. The molecule has 0 radical (unpaired) electrons. The van der Waals surface area contributed by atoms with Crippen molar-refractivity contribution in [1.82, 2.24) is 4.98 Å². The van der Waals surface area contributed by atoms with Crippen molar-refractivity contribution in [3.63, 3.8) is 0 Å². The van der Waals surface area contributed by atoms with Gasteiger partial charge in [-0.1, -0.05) is 30.3 Å². The molecule has 7 nitrogen and oxygen atoms in total. The molecular formula is C14H12N2O5. The second-order valence-electron chi connectivity index (χ2n) is 4.12. The van der Waals surface area contributed by atoms with E-state index in [1.165, 1.54) is 6.20 Å². The third-order valence-electron chi connectivity index (χ3n) is 2.59. The van der Waals surface area contributed by atoms with Crippen molar-refractivity contribution in [2.45, 2.75) is 6.61 Å². The Bertz CT molecular complexity index is 709. The van der Waals surface area contributed by atoms with E-state index in [9.17, 15) is 14.4 Å². The average molecular weight is 288 g/mol. The van der Waals surface area contributed by atoms with E-state index in [0.29, 0.717) is 0 Å². The molecule has 0 aliphatic carbocycles. The highest BCUT2D eigenvalue weighted by Crippen LogP contribution is 2.07. The fourth-order valence-corrected chi connectivity index (χ4v) is 1.59. The molecule has 0 aliphatic heterocycles. The fourth-order valence-electron chi connectivity index (χ4n) is 1.59. The molecule has 0 spiro atoms. The van der Waals surface area contributed by atoms with Crippen LogP contribution in [0.1, 0.15) is 15.9 Å². The predicted octanol–water partition coefficient (Wildman–Crippen LogP) is 1.82. The highest BCUT2D eigenvalue weighted by atomic mass is 16.5. The molecule has 0 bridgehead atoms. The number of aromatic nitrogens is 1. The van der Waals surface area contributed by atoms with Crippen LogP contribution < -0.4 is 10.9 Å². The summed E-state index contributed by atoms with van der Waals surface area (Å²) < 4.78 is 4.97. The summed E-state index contributed by atoms with van der Waals surface area (Å²) >= 11 is 0. The van der Waals surface area contributed by atoms with Crippen LogP contribution in [0, 0.1) is 0 Å². The number of amides is 1. The lowest BCUT2D eigenvalue weighted by molar-refractivity contribution is 0.0695. The Morgan fingerprint density at radius 3 is 2.62 bits per heavy atom. The summed E-state index contributed by atoms with van der Waals surface area (Å²) in [6, 6.07) is 10.1. The zero-order valence-corrected chi connectivity index (χ0v) is 10.8. The summed E-state index contributed by atoms with van der Waals surface area (Å²) in [6.07, 6.45) is 0.445. The van der Waals surface area contributed by atoms with Crippen LogP contribution in [0.15, 0.2) is 47.4 Å². The van der Waals surface area contributed by atoms with Crippen LogP contribution in [0.25, 0.3) is 0 Å². The number of aromatic carboxylic acids is 1. The molecule has 0 saturated carbocycles. The highest BCUT2D eigenvalue weighted by Gasteiger charge is 2.11. The lowest BCUT2D eigenvalue weighted by atomic mass is 10.2. The molecule has 1 aromatic heterocycles. The van der Waals surface area contributed by atoms with Gasteiger partial charge in [-0.2, -0.15) is 0 Å². The van der Waals surface area contributed by atoms with Crippen LogP contribution in [-0.2, 0) is 11.3 Å². The number of hydrogen-bond donors (Lipinski definition) is 3. The Morgan fingerprint density at radius 2 is 1.95 bits per heavy atom. The number of anilines is 1. The molecule has 1 aromatic carbocycles. The molecule has 0 fully saturated rings. The lowest BCUT2D eigenvalue weighted by Crippen LogP contribution is -2.19. The number of benzene rings is 1. The Balaban J connectivity index is 1.98. The number of carboxylic acids is 1. The topological polar surface area (TPSA) is 108 Å². The predicted molar refractivity (Wildman–Crippen MR) is 74.3 cm³/mol. The Labute approximate surface area is 119 Å². The summed E-state index contributed by atoms with van der Waals surface area (Å²) in [6.45, 7) is 0.0851. The van der Waals surface area contributed by atoms with Gasteiger partial charge in [0, 0.05) is 6.20 Å². The minimum atomic E-state index is -1.38. The third-order valence-corrected chi connectivity index (χ3v) is 2.59. The van der Waals surface area contributed by atoms with Gasteiger partial charge >= 0.3 is 12.1 Å².